The van der Waals surface area contributed by atoms with Crippen LogP contribution in [-0.2, 0) is 9.59 Å². The van der Waals surface area contributed by atoms with Gasteiger partial charge in [-0.2, -0.15) is 0 Å². The van der Waals surface area contributed by atoms with E-state index in [1.807, 2.05) is 11.4 Å². The lowest BCUT2D eigenvalue weighted by atomic mass is 9.94. The molecule has 122 valence electrons. The third kappa shape index (κ3) is 2.34. The number of fused-ring (bicyclic) bond motifs is 2. The number of thiophene rings is 1. The molecule has 7 heteroatoms. The number of nitrogens with one attached hydrogen (secondary N) is 1. The highest BCUT2D eigenvalue weighted by Crippen LogP contribution is 2.31. The van der Waals surface area contributed by atoms with Crippen molar-refractivity contribution >= 4 is 29.1 Å². The van der Waals surface area contributed by atoms with E-state index in [1.165, 1.54) is 11.3 Å². The number of piperazine rings is 1. The van der Waals surface area contributed by atoms with Gasteiger partial charge in [-0.25, -0.2) is 0 Å². The topological polar surface area (TPSA) is 69.7 Å². The van der Waals surface area contributed by atoms with Gasteiger partial charge in [0, 0.05) is 13.1 Å². The number of hydrogen-bond acceptors (Lipinski definition) is 4. The van der Waals surface area contributed by atoms with Crippen LogP contribution in [0.25, 0.3) is 0 Å². The van der Waals surface area contributed by atoms with E-state index in [9.17, 15) is 14.4 Å². The summed E-state index contributed by atoms with van der Waals surface area (Å²) in [4.78, 5) is 41.9. The molecule has 0 bridgehead atoms. The maximum Gasteiger partial charge on any atom is 0.261 e. The van der Waals surface area contributed by atoms with Gasteiger partial charge in [0.2, 0.25) is 11.8 Å². The van der Waals surface area contributed by atoms with Crippen LogP contribution >= 0.6 is 11.3 Å². The molecule has 3 aliphatic heterocycles. The molecule has 0 spiro atoms. The fourth-order valence-corrected chi connectivity index (χ4v) is 4.58. The van der Waals surface area contributed by atoms with Gasteiger partial charge < -0.3 is 15.1 Å². The smallest absolute Gasteiger partial charge is 0.261 e. The molecule has 4 rings (SSSR count). The summed E-state index contributed by atoms with van der Waals surface area (Å²) in [6, 6.07) is 2.50. The summed E-state index contributed by atoms with van der Waals surface area (Å²) in [5.41, 5.74) is 0. The zero-order chi connectivity index (χ0) is 16.0. The molecule has 0 aliphatic carbocycles. The standard InChI is InChI=1S/C16H19N3O3S/c20-14(12-5-3-9-23-12)17-10-6-8-19-13(10)16(22)18-7-2-1-4-11(18)15(19)21/h3,5,9-11,13H,1-2,4,6-8H2,(H,17,20)/t10-,11-,13+/m1/s1. The zero-order valence-electron chi connectivity index (χ0n) is 12.7. The quantitative estimate of drug-likeness (QED) is 0.872. The molecule has 0 radical (unpaired) electrons. The predicted octanol–water partition coefficient (Wildman–Crippen LogP) is 0.842. The molecule has 3 saturated heterocycles. The molecule has 3 amide bonds. The lowest BCUT2D eigenvalue weighted by Gasteiger charge is -2.45. The first-order valence-electron chi connectivity index (χ1n) is 8.12. The Morgan fingerprint density at radius 3 is 2.78 bits per heavy atom. The summed E-state index contributed by atoms with van der Waals surface area (Å²) >= 11 is 1.38. The van der Waals surface area contributed by atoms with E-state index in [0.717, 1.165) is 19.3 Å². The van der Waals surface area contributed by atoms with Gasteiger partial charge in [0.15, 0.2) is 0 Å². The summed E-state index contributed by atoms with van der Waals surface area (Å²) in [6.45, 7) is 1.21. The Bertz CT molecular complexity index is 645. The highest BCUT2D eigenvalue weighted by atomic mass is 32.1. The molecule has 0 aromatic carbocycles. The van der Waals surface area contributed by atoms with Crippen molar-refractivity contribution in [1.29, 1.82) is 0 Å². The number of carbonyl (C=O) groups is 3. The normalized spacial score (nSPS) is 30.2. The van der Waals surface area contributed by atoms with Gasteiger partial charge in [0.05, 0.1) is 10.9 Å². The molecule has 0 unspecified atom stereocenters. The number of nitrogens with zero attached hydrogens (tertiary/aromatic N) is 2. The summed E-state index contributed by atoms with van der Waals surface area (Å²) in [5, 5.41) is 4.81. The van der Waals surface area contributed by atoms with Crippen molar-refractivity contribution in [2.45, 2.75) is 43.8 Å². The first kappa shape index (κ1) is 14.7. The fourth-order valence-electron chi connectivity index (χ4n) is 3.96. The molecule has 3 fully saturated rings. The Morgan fingerprint density at radius 1 is 1.13 bits per heavy atom. The summed E-state index contributed by atoms with van der Waals surface area (Å²) < 4.78 is 0. The van der Waals surface area contributed by atoms with Gasteiger partial charge in [-0.05, 0) is 37.1 Å². The number of piperidine rings is 1. The van der Waals surface area contributed by atoms with Crippen LogP contribution in [0.4, 0.5) is 0 Å². The highest BCUT2D eigenvalue weighted by Gasteiger charge is 2.52. The maximum atomic E-state index is 12.8. The Morgan fingerprint density at radius 2 is 2.00 bits per heavy atom. The van der Waals surface area contributed by atoms with Crippen molar-refractivity contribution in [3.63, 3.8) is 0 Å². The largest absolute Gasteiger partial charge is 0.346 e. The second-order valence-electron chi connectivity index (χ2n) is 6.37. The highest BCUT2D eigenvalue weighted by molar-refractivity contribution is 7.12. The molecular formula is C16H19N3O3S. The Kier molecular flexibility index (Phi) is 3.60. The van der Waals surface area contributed by atoms with Crippen molar-refractivity contribution in [1.82, 2.24) is 15.1 Å². The molecule has 6 nitrogen and oxygen atoms in total. The molecule has 1 N–H and O–H groups in total. The molecule has 3 atom stereocenters. The SMILES string of the molecule is O=C(N[C@@H]1CCN2C(=O)[C@H]3CCCCN3C(=O)[C@H]12)c1cccs1. The number of amides is 3. The van der Waals surface area contributed by atoms with E-state index in [2.05, 4.69) is 5.32 Å². The minimum Gasteiger partial charge on any atom is -0.346 e. The minimum absolute atomic E-state index is 0.00304. The molecule has 23 heavy (non-hydrogen) atoms. The van der Waals surface area contributed by atoms with Gasteiger partial charge in [-0.15, -0.1) is 11.3 Å². The van der Waals surface area contributed by atoms with E-state index in [1.54, 1.807) is 15.9 Å². The van der Waals surface area contributed by atoms with Crippen LogP contribution in [-0.4, -0.2) is 58.7 Å². The lowest BCUT2D eigenvalue weighted by Crippen LogP contribution is -2.67. The van der Waals surface area contributed by atoms with Gasteiger partial charge in [0.25, 0.3) is 5.91 Å². The van der Waals surface area contributed by atoms with Crippen LogP contribution in [0, 0.1) is 0 Å². The van der Waals surface area contributed by atoms with E-state index >= 15 is 0 Å². The molecule has 3 aliphatic rings. The third-order valence-corrected chi connectivity index (χ3v) is 5.94. The summed E-state index contributed by atoms with van der Waals surface area (Å²) in [7, 11) is 0. The van der Waals surface area contributed by atoms with Crippen molar-refractivity contribution in [2.24, 2.45) is 0 Å². The van der Waals surface area contributed by atoms with Crippen LogP contribution in [0.15, 0.2) is 17.5 Å². The predicted molar refractivity (Wildman–Crippen MR) is 85.0 cm³/mol. The summed E-state index contributed by atoms with van der Waals surface area (Å²) in [5.74, 6) is -0.0988. The van der Waals surface area contributed by atoms with E-state index in [4.69, 9.17) is 0 Å². The molecule has 1 aromatic rings. The monoisotopic (exact) mass is 333 g/mol. The van der Waals surface area contributed by atoms with Gasteiger partial charge in [-0.3, -0.25) is 14.4 Å². The third-order valence-electron chi connectivity index (χ3n) is 5.07. The van der Waals surface area contributed by atoms with Gasteiger partial charge in [-0.1, -0.05) is 6.07 Å². The molecule has 1 aromatic heterocycles. The summed E-state index contributed by atoms with van der Waals surface area (Å²) in [6.07, 6.45) is 3.35. The number of rotatable bonds is 2. The van der Waals surface area contributed by atoms with Crippen LogP contribution < -0.4 is 5.32 Å². The van der Waals surface area contributed by atoms with Crippen molar-refractivity contribution in [3.05, 3.63) is 22.4 Å². The molecule has 0 saturated carbocycles. The van der Waals surface area contributed by atoms with Crippen LogP contribution in [0.5, 0.6) is 0 Å². The minimum atomic E-state index is -0.527. The second-order valence-corrected chi connectivity index (χ2v) is 7.31. The number of carbonyl (C=O) groups excluding carboxylic acids is 3. The van der Waals surface area contributed by atoms with Crippen molar-refractivity contribution in [3.8, 4) is 0 Å². The zero-order valence-corrected chi connectivity index (χ0v) is 13.6. The maximum absolute atomic E-state index is 12.8. The van der Waals surface area contributed by atoms with Crippen LogP contribution in [0.2, 0.25) is 0 Å². The molecular weight excluding hydrogens is 314 g/mol. The van der Waals surface area contributed by atoms with Crippen LogP contribution in [0.3, 0.4) is 0 Å². The first-order valence-corrected chi connectivity index (χ1v) is 9.00. The van der Waals surface area contributed by atoms with Crippen molar-refractivity contribution < 1.29 is 14.4 Å². The van der Waals surface area contributed by atoms with E-state index in [0.29, 0.717) is 24.4 Å². The van der Waals surface area contributed by atoms with E-state index < -0.39 is 6.04 Å². The lowest BCUT2D eigenvalue weighted by molar-refractivity contribution is -0.161. The van der Waals surface area contributed by atoms with Crippen molar-refractivity contribution in [2.75, 3.05) is 13.1 Å². The molecule has 4 heterocycles. The Hall–Kier alpha value is -1.89. The number of hydrogen-bond donors (Lipinski definition) is 1. The Balaban J connectivity index is 1.54. The first-order chi connectivity index (χ1) is 11.2. The fraction of sp³-hybridized carbons (Fsp3) is 0.562. The second kappa shape index (κ2) is 5.63. The van der Waals surface area contributed by atoms with E-state index in [-0.39, 0.29) is 29.8 Å². The average molecular weight is 333 g/mol. The van der Waals surface area contributed by atoms with Gasteiger partial charge >= 0.3 is 0 Å². The average Bonchev–Trinajstić information content (AvgIpc) is 3.22. The van der Waals surface area contributed by atoms with Crippen LogP contribution in [0.1, 0.15) is 35.4 Å². The Labute approximate surface area is 138 Å². The van der Waals surface area contributed by atoms with Gasteiger partial charge in [0.1, 0.15) is 12.1 Å².